The van der Waals surface area contributed by atoms with E-state index in [1.807, 2.05) is 12.1 Å². The molecule has 2 aromatic rings. The summed E-state index contributed by atoms with van der Waals surface area (Å²) in [6, 6.07) is 11.3. The van der Waals surface area contributed by atoms with E-state index >= 15 is 0 Å². The van der Waals surface area contributed by atoms with Crippen molar-refractivity contribution in [2.45, 2.75) is 10.4 Å². The zero-order chi connectivity index (χ0) is 21.7. The molecule has 0 aromatic heterocycles. The second-order valence-corrected chi connectivity index (χ2v) is 9.09. The zero-order valence-electron chi connectivity index (χ0n) is 14.7. The molecule has 0 fully saturated rings. The maximum Gasteiger partial charge on any atom is 0.512 e. The molecule has 158 valence electrons. The van der Waals surface area contributed by atoms with Gasteiger partial charge in [-0.2, -0.15) is 13.2 Å². The summed E-state index contributed by atoms with van der Waals surface area (Å²) in [5, 5.41) is 0. The summed E-state index contributed by atoms with van der Waals surface area (Å²) in [6.07, 6.45) is 1.69. The van der Waals surface area contributed by atoms with E-state index in [0.29, 0.717) is 9.88 Å². The van der Waals surface area contributed by atoms with Gasteiger partial charge in [0, 0.05) is 0 Å². The normalized spacial score (nSPS) is 12.4. The molecule has 0 aliphatic carbocycles. The van der Waals surface area contributed by atoms with Crippen LogP contribution in [0.5, 0.6) is 11.5 Å². The fourth-order valence-electron chi connectivity index (χ4n) is 1.97. The quantitative estimate of drug-likeness (QED) is 0.589. The molecule has 0 aliphatic rings. The van der Waals surface area contributed by atoms with Gasteiger partial charge in [-0.1, -0.05) is 28.9 Å². The van der Waals surface area contributed by atoms with Crippen LogP contribution < -0.4 is 13.6 Å². The average Bonchev–Trinajstić information content (AvgIpc) is 2.64. The maximum absolute atomic E-state index is 12.3. The second kappa shape index (κ2) is 8.84. The van der Waals surface area contributed by atoms with Gasteiger partial charge >= 0.3 is 15.5 Å². The monoisotopic (exact) mass is 451 g/mol. The Balaban J connectivity index is 1.91. The highest BCUT2D eigenvalue weighted by Gasteiger charge is 2.48. The third-order valence-electron chi connectivity index (χ3n) is 3.39. The predicted molar refractivity (Wildman–Crippen MR) is 99.3 cm³/mol. The Hall–Kier alpha value is -2.57. The molecule has 29 heavy (non-hydrogen) atoms. The van der Waals surface area contributed by atoms with Gasteiger partial charge in [-0.05, 0) is 42.0 Å². The Morgan fingerprint density at radius 3 is 1.72 bits per heavy atom. The predicted octanol–water partition coefficient (Wildman–Crippen LogP) is 2.92. The summed E-state index contributed by atoms with van der Waals surface area (Å²) >= 11 is 0. The van der Waals surface area contributed by atoms with E-state index < -0.39 is 30.5 Å². The topological polar surface area (TPSA) is 98.8 Å². The number of hydrogen-bond donors (Lipinski definition) is 1. The summed E-state index contributed by atoms with van der Waals surface area (Å²) in [7, 11) is -11.0. The third kappa shape index (κ3) is 6.21. The van der Waals surface area contributed by atoms with Gasteiger partial charge < -0.3 is 9.47 Å². The van der Waals surface area contributed by atoms with E-state index in [1.54, 1.807) is 18.2 Å². The van der Waals surface area contributed by atoms with E-state index in [0.717, 1.165) is 17.7 Å². The lowest BCUT2D eigenvalue weighted by atomic mass is 10.2. The molecule has 0 atom stereocenters. The minimum absolute atomic E-state index is 0.107. The summed E-state index contributed by atoms with van der Waals surface area (Å²) in [5.74, 6) is 0.825. The lowest BCUT2D eigenvalue weighted by Crippen LogP contribution is -2.40. The molecule has 2 rings (SSSR count). The molecular formula is C17H16F3NO6S2. The smallest absolute Gasteiger partial charge is 0.490 e. The summed E-state index contributed by atoms with van der Waals surface area (Å²) < 4.78 is 94.0. The molecule has 0 amide bonds. The van der Waals surface area contributed by atoms with Crippen molar-refractivity contribution >= 4 is 26.1 Å². The first-order valence-electron chi connectivity index (χ1n) is 7.88. The van der Waals surface area contributed by atoms with Crippen molar-refractivity contribution in [1.29, 1.82) is 0 Å². The van der Waals surface area contributed by atoms with Crippen LogP contribution in [0.3, 0.4) is 0 Å². The van der Waals surface area contributed by atoms with Crippen molar-refractivity contribution in [2.75, 3.05) is 13.2 Å². The Morgan fingerprint density at radius 2 is 1.31 bits per heavy atom. The Kier molecular flexibility index (Phi) is 6.93. The Labute approximate surface area is 165 Å². The highest BCUT2D eigenvalue weighted by Crippen LogP contribution is 2.24. The largest absolute Gasteiger partial charge is 0.512 e. The van der Waals surface area contributed by atoms with Crippen molar-refractivity contribution in [3.63, 3.8) is 0 Å². The number of hydrogen-bond acceptors (Lipinski definition) is 6. The molecule has 0 unspecified atom stereocenters. The molecular weight excluding hydrogens is 435 g/mol. The molecule has 0 bridgehead atoms. The highest BCUT2D eigenvalue weighted by atomic mass is 32.3. The lowest BCUT2D eigenvalue weighted by molar-refractivity contribution is -0.0441. The standard InChI is InChI=1S/C17H16F3NO6S2/c1-2-13-3-5-14(6-4-13)26-11-12-27-15-7-9-16(10-8-15)28(22,23)21-29(24,25)17(18,19)20/h2-10,21H,1,11-12H2. The third-order valence-corrected chi connectivity index (χ3v) is 6.65. The van der Waals surface area contributed by atoms with Crippen molar-refractivity contribution in [2.24, 2.45) is 0 Å². The maximum atomic E-state index is 12.3. The number of alkyl halides is 3. The van der Waals surface area contributed by atoms with Gasteiger partial charge in [0.25, 0.3) is 10.0 Å². The number of halogens is 3. The zero-order valence-corrected chi connectivity index (χ0v) is 16.4. The van der Waals surface area contributed by atoms with E-state index in [9.17, 15) is 30.0 Å². The number of ether oxygens (including phenoxy) is 2. The molecule has 0 aliphatic heterocycles. The van der Waals surface area contributed by atoms with Crippen LogP contribution in [0.2, 0.25) is 0 Å². The first-order chi connectivity index (χ1) is 13.4. The van der Waals surface area contributed by atoms with Crippen LogP contribution in [0.15, 0.2) is 60.0 Å². The van der Waals surface area contributed by atoms with Gasteiger partial charge in [-0.25, -0.2) is 16.8 Å². The summed E-state index contributed by atoms with van der Waals surface area (Å²) in [6.45, 7) is 3.92. The fraction of sp³-hybridized carbons (Fsp3) is 0.176. The van der Waals surface area contributed by atoms with Crippen LogP contribution in [0, 0.1) is 0 Å². The van der Waals surface area contributed by atoms with Crippen LogP contribution >= 0.6 is 0 Å². The second-order valence-electron chi connectivity index (χ2n) is 5.48. The molecule has 1 N–H and O–H groups in total. The number of rotatable bonds is 9. The lowest BCUT2D eigenvalue weighted by Gasteiger charge is -2.11. The van der Waals surface area contributed by atoms with Crippen LogP contribution in [0.25, 0.3) is 6.08 Å². The number of nitrogens with one attached hydrogen (secondary N) is 1. The molecule has 0 spiro atoms. The molecule has 12 heteroatoms. The van der Waals surface area contributed by atoms with Crippen LogP contribution in [0.4, 0.5) is 13.2 Å². The molecule has 2 aromatic carbocycles. The number of sulfonamides is 2. The summed E-state index contributed by atoms with van der Waals surface area (Å²) in [4.78, 5) is -0.670. The van der Waals surface area contributed by atoms with Gasteiger partial charge in [-0.3, -0.25) is 0 Å². The van der Waals surface area contributed by atoms with Crippen LogP contribution in [-0.4, -0.2) is 35.6 Å². The van der Waals surface area contributed by atoms with Crippen molar-refractivity contribution < 1.29 is 39.5 Å². The highest BCUT2D eigenvalue weighted by molar-refractivity contribution is 8.05. The van der Waals surface area contributed by atoms with E-state index in [-0.39, 0.29) is 19.0 Å². The average molecular weight is 451 g/mol. The van der Waals surface area contributed by atoms with Gasteiger partial charge in [0.2, 0.25) is 0 Å². The van der Waals surface area contributed by atoms with Gasteiger partial charge in [0.05, 0.1) is 4.90 Å². The molecule has 0 saturated carbocycles. The van der Waals surface area contributed by atoms with Gasteiger partial charge in [-0.15, -0.1) is 0 Å². The first kappa shape index (κ1) is 22.7. The Bertz CT molecular complexity index is 1050. The summed E-state index contributed by atoms with van der Waals surface area (Å²) in [5.41, 5.74) is -4.82. The SMILES string of the molecule is C=Cc1ccc(OCCOc2ccc(S(=O)(=O)NS(=O)(=O)C(F)(F)F)cc2)cc1. The van der Waals surface area contributed by atoms with Gasteiger partial charge in [0.1, 0.15) is 24.7 Å². The Morgan fingerprint density at radius 1 is 0.862 bits per heavy atom. The van der Waals surface area contributed by atoms with Crippen molar-refractivity contribution in [3.05, 3.63) is 60.7 Å². The van der Waals surface area contributed by atoms with Crippen molar-refractivity contribution in [1.82, 2.24) is 4.13 Å². The number of benzene rings is 2. The van der Waals surface area contributed by atoms with E-state index in [4.69, 9.17) is 9.47 Å². The minimum atomic E-state index is -6.05. The first-order valence-corrected chi connectivity index (χ1v) is 10.8. The molecule has 0 radical (unpaired) electrons. The minimum Gasteiger partial charge on any atom is -0.490 e. The molecule has 0 heterocycles. The molecule has 7 nitrogen and oxygen atoms in total. The van der Waals surface area contributed by atoms with Crippen LogP contribution in [0.1, 0.15) is 5.56 Å². The van der Waals surface area contributed by atoms with Gasteiger partial charge in [0.15, 0.2) is 0 Å². The van der Waals surface area contributed by atoms with E-state index in [1.165, 1.54) is 12.1 Å². The van der Waals surface area contributed by atoms with Crippen LogP contribution in [-0.2, 0) is 20.0 Å². The molecule has 0 saturated heterocycles. The fourth-order valence-corrected chi connectivity index (χ4v) is 4.39. The van der Waals surface area contributed by atoms with Crippen molar-refractivity contribution in [3.8, 4) is 11.5 Å². The van der Waals surface area contributed by atoms with E-state index in [2.05, 4.69) is 6.58 Å².